The Morgan fingerprint density at radius 2 is 1.66 bits per heavy atom. The molecule has 6 nitrogen and oxygen atoms in total. The lowest BCUT2D eigenvalue weighted by Gasteiger charge is -2.09. The fourth-order valence-electron chi connectivity index (χ4n) is 3.15. The lowest BCUT2D eigenvalue weighted by atomic mass is 10.0. The topological polar surface area (TPSA) is 99.3 Å². The van der Waals surface area contributed by atoms with Gasteiger partial charge in [-0.1, -0.05) is 46.3 Å². The summed E-state index contributed by atoms with van der Waals surface area (Å²) >= 11 is 3.28. The molecule has 1 aromatic heterocycles. The Balaban J connectivity index is 1.82. The molecule has 0 amide bonds. The van der Waals surface area contributed by atoms with E-state index in [1.165, 1.54) is 12.1 Å². The van der Waals surface area contributed by atoms with Gasteiger partial charge >= 0.3 is 5.97 Å². The Kier molecular flexibility index (Phi) is 4.89. The van der Waals surface area contributed by atoms with Crippen LogP contribution in [0.25, 0.3) is 22.0 Å². The van der Waals surface area contributed by atoms with Crippen LogP contribution in [0.4, 0.5) is 5.69 Å². The number of sulfonamides is 1. The lowest BCUT2D eigenvalue weighted by molar-refractivity contribution is 0.0692. The minimum atomic E-state index is -3.78. The number of aromatic amines is 1. The molecule has 8 heteroatoms. The largest absolute Gasteiger partial charge is 0.477 e. The molecule has 0 saturated carbocycles. The zero-order chi connectivity index (χ0) is 20.6. The van der Waals surface area contributed by atoms with Crippen molar-refractivity contribution < 1.29 is 18.3 Å². The third-order valence-corrected chi connectivity index (χ3v) is 6.38. The molecule has 0 atom stereocenters. The molecule has 0 spiro atoms. The number of fused-ring (bicyclic) bond motifs is 1. The third kappa shape index (κ3) is 3.76. The molecular weight excluding hydrogens is 456 g/mol. The Labute approximate surface area is 175 Å². The summed E-state index contributed by atoms with van der Waals surface area (Å²) in [5.41, 5.74) is 2.24. The molecule has 0 aliphatic rings. The van der Waals surface area contributed by atoms with Gasteiger partial charge in [0.2, 0.25) is 0 Å². The van der Waals surface area contributed by atoms with E-state index in [0.29, 0.717) is 22.2 Å². The highest BCUT2D eigenvalue weighted by Crippen LogP contribution is 2.34. The van der Waals surface area contributed by atoms with Crippen LogP contribution in [0, 0.1) is 0 Å². The maximum atomic E-state index is 12.7. The van der Waals surface area contributed by atoms with Gasteiger partial charge in [0.15, 0.2) is 0 Å². The number of carbonyl (C=O) groups is 1. The van der Waals surface area contributed by atoms with Crippen LogP contribution in [0.2, 0.25) is 0 Å². The van der Waals surface area contributed by atoms with Crippen LogP contribution >= 0.6 is 15.9 Å². The van der Waals surface area contributed by atoms with Crippen LogP contribution < -0.4 is 4.72 Å². The molecule has 3 aromatic carbocycles. The van der Waals surface area contributed by atoms with Crippen LogP contribution in [0.3, 0.4) is 0 Å². The number of nitrogens with one attached hydrogen (secondary N) is 2. The molecular formula is C21H15BrN2O4S. The molecule has 29 heavy (non-hydrogen) atoms. The summed E-state index contributed by atoms with van der Waals surface area (Å²) in [7, 11) is -3.78. The smallest absolute Gasteiger partial charge is 0.352 e. The monoisotopic (exact) mass is 470 g/mol. The van der Waals surface area contributed by atoms with E-state index < -0.39 is 16.0 Å². The number of hydrogen-bond donors (Lipinski definition) is 3. The summed E-state index contributed by atoms with van der Waals surface area (Å²) in [4.78, 5) is 14.8. The molecule has 146 valence electrons. The summed E-state index contributed by atoms with van der Waals surface area (Å²) in [5.74, 6) is -1.09. The maximum Gasteiger partial charge on any atom is 0.352 e. The number of aromatic carboxylic acids is 1. The van der Waals surface area contributed by atoms with Gasteiger partial charge in [0, 0.05) is 26.6 Å². The quantitative estimate of drug-likeness (QED) is 0.377. The number of aromatic nitrogens is 1. The normalized spacial score (nSPS) is 11.5. The first kappa shape index (κ1) is 19.2. The standard InChI is InChI=1S/C21H15BrN2O4S/c22-14-6-9-16(10-7-14)29(27,28)24-15-8-11-18-17(12-15)19(20(23-18)21(25)26)13-4-2-1-3-5-13/h1-12,23-24H,(H,25,26). The van der Waals surface area contributed by atoms with Crippen LogP contribution in [0.1, 0.15) is 10.5 Å². The van der Waals surface area contributed by atoms with Gasteiger partial charge in [-0.2, -0.15) is 0 Å². The van der Waals surface area contributed by atoms with Crippen LogP contribution in [-0.2, 0) is 10.0 Å². The number of halogens is 1. The van der Waals surface area contributed by atoms with E-state index in [1.54, 1.807) is 30.3 Å². The number of carboxylic acid groups (broad SMARTS) is 1. The van der Waals surface area contributed by atoms with Crippen LogP contribution in [-0.4, -0.2) is 24.5 Å². The molecule has 4 aromatic rings. The second-order valence-corrected chi connectivity index (χ2v) is 8.96. The summed E-state index contributed by atoms with van der Waals surface area (Å²) < 4.78 is 28.7. The zero-order valence-electron chi connectivity index (χ0n) is 14.9. The first-order chi connectivity index (χ1) is 13.8. The minimum absolute atomic E-state index is 0.0547. The third-order valence-electron chi connectivity index (χ3n) is 4.45. The highest BCUT2D eigenvalue weighted by Gasteiger charge is 2.20. The number of anilines is 1. The molecule has 0 unspecified atom stereocenters. The molecule has 0 bridgehead atoms. The van der Waals surface area contributed by atoms with Gasteiger partial charge in [0.25, 0.3) is 10.0 Å². The second kappa shape index (κ2) is 7.38. The van der Waals surface area contributed by atoms with Crippen molar-refractivity contribution in [3.63, 3.8) is 0 Å². The molecule has 0 fully saturated rings. The fraction of sp³-hybridized carbons (Fsp3) is 0. The van der Waals surface area contributed by atoms with Crippen molar-refractivity contribution in [3.05, 3.63) is 83.0 Å². The highest BCUT2D eigenvalue weighted by atomic mass is 79.9. The predicted molar refractivity (Wildman–Crippen MR) is 116 cm³/mol. The lowest BCUT2D eigenvalue weighted by Crippen LogP contribution is -2.12. The summed E-state index contributed by atoms with van der Waals surface area (Å²) in [6.45, 7) is 0. The predicted octanol–water partition coefficient (Wildman–Crippen LogP) is 5.10. The van der Waals surface area contributed by atoms with E-state index >= 15 is 0 Å². The Bertz CT molecular complexity index is 1310. The van der Waals surface area contributed by atoms with Crippen molar-refractivity contribution in [3.8, 4) is 11.1 Å². The average molecular weight is 471 g/mol. The molecule has 0 aliphatic heterocycles. The van der Waals surface area contributed by atoms with Gasteiger partial charge in [-0.05, 0) is 48.0 Å². The summed E-state index contributed by atoms with van der Waals surface area (Å²) in [6.07, 6.45) is 0. The Hall–Kier alpha value is -3.10. The molecule has 3 N–H and O–H groups in total. The first-order valence-corrected chi connectivity index (χ1v) is 10.9. The molecule has 0 radical (unpaired) electrons. The van der Waals surface area contributed by atoms with Crippen molar-refractivity contribution in [1.82, 2.24) is 4.98 Å². The molecule has 1 heterocycles. The molecule has 4 rings (SSSR count). The van der Waals surface area contributed by atoms with Crippen molar-refractivity contribution in [1.29, 1.82) is 0 Å². The Morgan fingerprint density at radius 3 is 2.31 bits per heavy atom. The minimum Gasteiger partial charge on any atom is -0.477 e. The fourth-order valence-corrected chi connectivity index (χ4v) is 4.46. The summed E-state index contributed by atoms with van der Waals surface area (Å²) in [6, 6.07) is 20.3. The van der Waals surface area contributed by atoms with Gasteiger partial charge in [0.1, 0.15) is 5.69 Å². The summed E-state index contributed by atoms with van der Waals surface area (Å²) in [5, 5.41) is 10.2. The van der Waals surface area contributed by atoms with Gasteiger partial charge in [-0.3, -0.25) is 4.72 Å². The number of benzene rings is 3. The average Bonchev–Trinajstić information content (AvgIpc) is 3.08. The van der Waals surface area contributed by atoms with Crippen LogP contribution in [0.5, 0.6) is 0 Å². The molecule has 0 aliphatic carbocycles. The number of rotatable bonds is 5. The Morgan fingerprint density at radius 1 is 0.966 bits per heavy atom. The van der Waals surface area contributed by atoms with Crippen molar-refractivity contribution in [2.75, 3.05) is 4.72 Å². The molecule has 0 saturated heterocycles. The highest BCUT2D eigenvalue weighted by molar-refractivity contribution is 9.10. The maximum absolute atomic E-state index is 12.7. The first-order valence-electron chi connectivity index (χ1n) is 8.58. The SMILES string of the molecule is O=C(O)c1[nH]c2ccc(NS(=O)(=O)c3ccc(Br)cc3)cc2c1-c1ccccc1. The van der Waals surface area contributed by atoms with Crippen molar-refractivity contribution >= 4 is 48.5 Å². The second-order valence-electron chi connectivity index (χ2n) is 6.37. The van der Waals surface area contributed by atoms with E-state index in [4.69, 9.17) is 0 Å². The van der Waals surface area contributed by atoms with E-state index in [1.807, 2.05) is 30.3 Å². The van der Waals surface area contributed by atoms with Gasteiger partial charge in [0.05, 0.1) is 4.90 Å². The van der Waals surface area contributed by atoms with Crippen molar-refractivity contribution in [2.24, 2.45) is 0 Å². The number of hydrogen-bond acceptors (Lipinski definition) is 3. The number of H-pyrrole nitrogens is 1. The number of carboxylic acids is 1. The zero-order valence-corrected chi connectivity index (χ0v) is 17.3. The van der Waals surface area contributed by atoms with E-state index in [0.717, 1.165) is 10.0 Å². The van der Waals surface area contributed by atoms with E-state index in [9.17, 15) is 18.3 Å². The van der Waals surface area contributed by atoms with E-state index in [2.05, 4.69) is 25.6 Å². The van der Waals surface area contributed by atoms with Gasteiger partial charge in [-0.25, -0.2) is 13.2 Å². The van der Waals surface area contributed by atoms with Crippen molar-refractivity contribution in [2.45, 2.75) is 4.90 Å². The van der Waals surface area contributed by atoms with Crippen LogP contribution in [0.15, 0.2) is 82.2 Å². The van der Waals surface area contributed by atoms with Gasteiger partial charge < -0.3 is 10.1 Å². The van der Waals surface area contributed by atoms with E-state index in [-0.39, 0.29) is 10.6 Å². The van der Waals surface area contributed by atoms with Gasteiger partial charge in [-0.15, -0.1) is 0 Å².